The van der Waals surface area contributed by atoms with Gasteiger partial charge in [0.25, 0.3) is 0 Å². The molecule has 1 aliphatic heterocycles. The second kappa shape index (κ2) is 5.80. The smallest absolute Gasteiger partial charge is 0.324 e. The lowest BCUT2D eigenvalue weighted by molar-refractivity contribution is -0.144. The minimum absolute atomic E-state index is 0.364. The van der Waals surface area contributed by atoms with Gasteiger partial charge in [0.2, 0.25) is 0 Å². The summed E-state index contributed by atoms with van der Waals surface area (Å²) in [7, 11) is 0. The fraction of sp³-hybridized carbons (Fsp3) is 0.917. The number of nitrogens with zero attached hydrogens (tertiary/aromatic N) is 2. The number of halogens is 3. The molecule has 0 N–H and O–H groups in total. The molecule has 0 saturated carbocycles. The first kappa shape index (κ1) is 15.1. The van der Waals surface area contributed by atoms with E-state index in [1.165, 1.54) is 0 Å². The number of hydrogen-bond donors (Lipinski definition) is 0. The number of carbonyl (C=O) groups excluding carboxylic acids is 1. The predicted molar refractivity (Wildman–Crippen MR) is 63.3 cm³/mol. The highest BCUT2D eigenvalue weighted by molar-refractivity contribution is 5.75. The van der Waals surface area contributed by atoms with E-state index in [1.807, 2.05) is 6.92 Å². The SMILES string of the molecule is CC1CCCN(C(=O)N(CC(F)(F)F)C(C)C)C1. The molecule has 6 heteroatoms. The summed E-state index contributed by atoms with van der Waals surface area (Å²) in [6, 6.07) is -0.940. The summed E-state index contributed by atoms with van der Waals surface area (Å²) in [6.45, 7) is 5.18. The van der Waals surface area contributed by atoms with Crippen LogP contribution in [0.5, 0.6) is 0 Å². The zero-order valence-corrected chi connectivity index (χ0v) is 11.1. The maximum Gasteiger partial charge on any atom is 0.406 e. The maximum atomic E-state index is 12.5. The van der Waals surface area contributed by atoms with Crippen molar-refractivity contribution in [1.29, 1.82) is 0 Å². The molecule has 106 valence electrons. The summed E-state index contributed by atoms with van der Waals surface area (Å²) >= 11 is 0. The lowest BCUT2D eigenvalue weighted by Crippen LogP contribution is -2.52. The third-order valence-electron chi connectivity index (χ3n) is 3.15. The highest BCUT2D eigenvalue weighted by atomic mass is 19.4. The van der Waals surface area contributed by atoms with Gasteiger partial charge >= 0.3 is 12.2 Å². The van der Waals surface area contributed by atoms with E-state index in [9.17, 15) is 18.0 Å². The second-order valence-electron chi connectivity index (χ2n) is 5.31. The molecule has 1 rings (SSSR count). The predicted octanol–water partition coefficient (Wildman–Crippen LogP) is 3.11. The quantitative estimate of drug-likeness (QED) is 0.753. The van der Waals surface area contributed by atoms with Crippen molar-refractivity contribution in [3.63, 3.8) is 0 Å². The molecule has 1 saturated heterocycles. The van der Waals surface area contributed by atoms with E-state index in [0.717, 1.165) is 17.7 Å². The van der Waals surface area contributed by atoms with Crippen molar-refractivity contribution < 1.29 is 18.0 Å². The van der Waals surface area contributed by atoms with Crippen LogP contribution >= 0.6 is 0 Å². The largest absolute Gasteiger partial charge is 0.406 e. The van der Waals surface area contributed by atoms with E-state index in [1.54, 1.807) is 18.7 Å². The van der Waals surface area contributed by atoms with Crippen LogP contribution in [-0.4, -0.2) is 47.7 Å². The Morgan fingerprint density at radius 2 is 2.06 bits per heavy atom. The lowest BCUT2D eigenvalue weighted by Gasteiger charge is -2.37. The van der Waals surface area contributed by atoms with E-state index in [-0.39, 0.29) is 0 Å². The van der Waals surface area contributed by atoms with Crippen LogP contribution in [0.15, 0.2) is 0 Å². The molecule has 18 heavy (non-hydrogen) atoms. The van der Waals surface area contributed by atoms with Crippen LogP contribution in [0.2, 0.25) is 0 Å². The van der Waals surface area contributed by atoms with Crippen LogP contribution in [0, 0.1) is 5.92 Å². The van der Waals surface area contributed by atoms with Gasteiger partial charge in [-0.2, -0.15) is 13.2 Å². The van der Waals surface area contributed by atoms with Gasteiger partial charge in [0.15, 0.2) is 0 Å². The van der Waals surface area contributed by atoms with Crippen molar-refractivity contribution >= 4 is 6.03 Å². The monoisotopic (exact) mass is 266 g/mol. The molecule has 0 bridgehead atoms. The first-order valence-corrected chi connectivity index (χ1v) is 6.33. The van der Waals surface area contributed by atoms with Crippen LogP contribution in [-0.2, 0) is 0 Å². The summed E-state index contributed by atoms with van der Waals surface area (Å²) in [6.07, 6.45) is -2.45. The molecule has 3 nitrogen and oxygen atoms in total. The number of rotatable bonds is 2. The van der Waals surface area contributed by atoms with E-state index >= 15 is 0 Å². The number of likely N-dealkylation sites (tertiary alicyclic amines) is 1. The Labute approximate surface area is 106 Å². The van der Waals surface area contributed by atoms with Crippen LogP contribution in [0.1, 0.15) is 33.6 Å². The summed E-state index contributed by atoms with van der Waals surface area (Å²) in [5.41, 5.74) is 0. The van der Waals surface area contributed by atoms with Crippen LogP contribution < -0.4 is 0 Å². The highest BCUT2D eigenvalue weighted by Gasteiger charge is 2.36. The number of piperidine rings is 1. The van der Waals surface area contributed by atoms with Crippen molar-refractivity contribution in [3.05, 3.63) is 0 Å². The zero-order valence-electron chi connectivity index (χ0n) is 11.1. The third-order valence-corrected chi connectivity index (χ3v) is 3.15. The highest BCUT2D eigenvalue weighted by Crippen LogP contribution is 2.22. The van der Waals surface area contributed by atoms with E-state index in [4.69, 9.17) is 0 Å². The topological polar surface area (TPSA) is 23.6 Å². The van der Waals surface area contributed by atoms with Crippen molar-refractivity contribution in [2.75, 3.05) is 19.6 Å². The number of urea groups is 1. The molecule has 2 amide bonds. The number of alkyl halides is 3. The standard InChI is InChI=1S/C12H21F3N2O/c1-9(2)17(8-12(13,14)15)11(18)16-6-4-5-10(3)7-16/h9-10H,4-8H2,1-3H3. The molecule has 0 radical (unpaired) electrons. The first-order valence-electron chi connectivity index (χ1n) is 6.33. The van der Waals surface area contributed by atoms with Gasteiger partial charge < -0.3 is 9.80 Å². The van der Waals surface area contributed by atoms with Gasteiger partial charge in [-0.15, -0.1) is 0 Å². The summed E-state index contributed by atoms with van der Waals surface area (Å²) in [5.74, 6) is 0.364. The normalized spacial score (nSPS) is 21.3. The van der Waals surface area contributed by atoms with Crippen molar-refractivity contribution in [3.8, 4) is 0 Å². The molecule has 1 aliphatic rings. The summed E-state index contributed by atoms with van der Waals surface area (Å²) in [5, 5.41) is 0. The fourth-order valence-corrected chi connectivity index (χ4v) is 2.21. The molecule has 1 heterocycles. The summed E-state index contributed by atoms with van der Waals surface area (Å²) < 4.78 is 37.4. The number of hydrogen-bond acceptors (Lipinski definition) is 1. The van der Waals surface area contributed by atoms with Gasteiger partial charge in [0.1, 0.15) is 6.54 Å². The Morgan fingerprint density at radius 3 is 2.50 bits per heavy atom. The first-order chi connectivity index (χ1) is 8.20. The number of carbonyl (C=O) groups is 1. The molecule has 0 aromatic heterocycles. The zero-order chi connectivity index (χ0) is 13.9. The van der Waals surface area contributed by atoms with Crippen molar-refractivity contribution in [1.82, 2.24) is 9.80 Å². The molecular weight excluding hydrogens is 245 g/mol. The number of amides is 2. The lowest BCUT2D eigenvalue weighted by atomic mass is 10.0. The van der Waals surface area contributed by atoms with Gasteiger partial charge in [-0.05, 0) is 32.6 Å². The van der Waals surface area contributed by atoms with Gasteiger partial charge in [-0.1, -0.05) is 6.92 Å². The molecule has 0 aliphatic carbocycles. The van der Waals surface area contributed by atoms with Crippen LogP contribution in [0.4, 0.5) is 18.0 Å². The summed E-state index contributed by atoms with van der Waals surface area (Å²) in [4.78, 5) is 14.6. The molecule has 1 unspecified atom stereocenters. The molecule has 0 aromatic rings. The average molecular weight is 266 g/mol. The molecule has 0 spiro atoms. The van der Waals surface area contributed by atoms with Crippen molar-refractivity contribution in [2.24, 2.45) is 5.92 Å². The molecule has 1 atom stereocenters. The fourth-order valence-electron chi connectivity index (χ4n) is 2.21. The second-order valence-corrected chi connectivity index (χ2v) is 5.31. The minimum Gasteiger partial charge on any atom is -0.324 e. The van der Waals surface area contributed by atoms with Crippen LogP contribution in [0.3, 0.4) is 0 Å². The van der Waals surface area contributed by atoms with Gasteiger partial charge in [0, 0.05) is 19.1 Å². The maximum absolute atomic E-state index is 12.5. The van der Waals surface area contributed by atoms with Gasteiger partial charge in [0.05, 0.1) is 0 Å². The van der Waals surface area contributed by atoms with E-state index < -0.39 is 24.8 Å². The van der Waals surface area contributed by atoms with E-state index in [0.29, 0.717) is 19.0 Å². The minimum atomic E-state index is -4.35. The third kappa shape index (κ3) is 4.38. The molecule has 0 aromatic carbocycles. The molecule has 1 fully saturated rings. The average Bonchev–Trinajstić information content (AvgIpc) is 2.23. The Kier molecular flexibility index (Phi) is 4.87. The van der Waals surface area contributed by atoms with Gasteiger partial charge in [-0.25, -0.2) is 4.79 Å². The van der Waals surface area contributed by atoms with Gasteiger partial charge in [-0.3, -0.25) is 0 Å². The Balaban J connectivity index is 2.70. The van der Waals surface area contributed by atoms with Crippen LogP contribution in [0.25, 0.3) is 0 Å². The Bertz CT molecular complexity index is 292. The van der Waals surface area contributed by atoms with Crippen molar-refractivity contribution in [2.45, 2.75) is 45.8 Å². The Hall–Kier alpha value is -0.940. The molecular formula is C12H21F3N2O. The van der Waals surface area contributed by atoms with E-state index in [2.05, 4.69) is 0 Å². The Morgan fingerprint density at radius 1 is 1.44 bits per heavy atom.